The number of benzene rings is 1. The number of anilines is 1. The first kappa shape index (κ1) is 12.4. The molecule has 1 aromatic carbocycles. The first-order chi connectivity index (χ1) is 9.10. The maximum absolute atomic E-state index is 5.75. The molecule has 5 heteroatoms. The van der Waals surface area contributed by atoms with E-state index in [1.807, 2.05) is 18.2 Å². The Balaban J connectivity index is 1.77. The Bertz CT molecular complexity index is 571. The van der Waals surface area contributed by atoms with Crippen molar-refractivity contribution in [3.63, 3.8) is 0 Å². The van der Waals surface area contributed by atoms with Gasteiger partial charge in [0.05, 0.1) is 18.8 Å². The second-order valence-corrected chi connectivity index (χ2v) is 5.29. The van der Waals surface area contributed by atoms with Gasteiger partial charge in [-0.25, -0.2) is 4.98 Å². The van der Waals surface area contributed by atoms with E-state index in [2.05, 4.69) is 23.7 Å². The normalized spacial score (nSPS) is 24.9. The Morgan fingerprint density at radius 1 is 1.32 bits per heavy atom. The lowest BCUT2D eigenvalue weighted by Gasteiger charge is -2.34. The Kier molecular flexibility index (Phi) is 3.16. The fourth-order valence-electron chi connectivity index (χ4n) is 2.66. The van der Waals surface area contributed by atoms with Gasteiger partial charge in [-0.3, -0.25) is 4.90 Å². The van der Waals surface area contributed by atoms with E-state index in [1.54, 1.807) is 0 Å². The molecule has 5 nitrogen and oxygen atoms in total. The summed E-state index contributed by atoms with van der Waals surface area (Å²) in [5, 5.41) is 0. The fraction of sp³-hybridized carbons (Fsp3) is 0.500. The van der Waals surface area contributed by atoms with Gasteiger partial charge in [0, 0.05) is 24.8 Å². The molecule has 102 valence electrons. The van der Waals surface area contributed by atoms with Gasteiger partial charge < -0.3 is 14.9 Å². The Morgan fingerprint density at radius 2 is 2.05 bits per heavy atom. The SMILES string of the molecule is CC1CN(Cc2nc3ccc(N)cc3o2)CC(C)O1. The number of rotatable bonds is 2. The van der Waals surface area contributed by atoms with E-state index >= 15 is 0 Å². The van der Waals surface area contributed by atoms with Crippen molar-refractivity contribution in [3.8, 4) is 0 Å². The van der Waals surface area contributed by atoms with Gasteiger partial charge >= 0.3 is 0 Å². The average Bonchev–Trinajstić information content (AvgIpc) is 2.68. The number of hydrogen-bond acceptors (Lipinski definition) is 5. The highest BCUT2D eigenvalue weighted by Gasteiger charge is 2.23. The molecular weight excluding hydrogens is 242 g/mol. The van der Waals surface area contributed by atoms with Crippen LogP contribution in [0.4, 0.5) is 5.69 Å². The van der Waals surface area contributed by atoms with Gasteiger partial charge in [-0.15, -0.1) is 0 Å². The van der Waals surface area contributed by atoms with Crippen molar-refractivity contribution >= 4 is 16.8 Å². The number of nitrogen functional groups attached to an aromatic ring is 1. The molecule has 2 N–H and O–H groups in total. The van der Waals surface area contributed by atoms with Crippen LogP contribution in [0, 0.1) is 0 Å². The van der Waals surface area contributed by atoms with Gasteiger partial charge in [0.15, 0.2) is 5.58 Å². The largest absolute Gasteiger partial charge is 0.439 e. The summed E-state index contributed by atoms with van der Waals surface area (Å²) in [5.41, 5.74) is 8.05. The minimum absolute atomic E-state index is 0.253. The smallest absolute Gasteiger partial charge is 0.209 e. The molecule has 2 atom stereocenters. The third-order valence-corrected chi connectivity index (χ3v) is 3.31. The number of nitrogens with two attached hydrogens (primary N) is 1. The summed E-state index contributed by atoms with van der Waals surface area (Å²) in [7, 11) is 0. The van der Waals surface area contributed by atoms with E-state index in [0.717, 1.165) is 30.1 Å². The standard InChI is InChI=1S/C14H19N3O2/c1-9-6-17(7-10(2)18-9)8-14-16-12-4-3-11(15)5-13(12)19-14/h3-5,9-10H,6-8,15H2,1-2H3. The maximum Gasteiger partial charge on any atom is 0.209 e. The summed E-state index contributed by atoms with van der Waals surface area (Å²) >= 11 is 0. The Labute approximate surface area is 112 Å². The topological polar surface area (TPSA) is 64.5 Å². The van der Waals surface area contributed by atoms with Gasteiger partial charge in [0.25, 0.3) is 0 Å². The molecule has 19 heavy (non-hydrogen) atoms. The molecule has 0 amide bonds. The van der Waals surface area contributed by atoms with Crippen LogP contribution < -0.4 is 5.73 Å². The van der Waals surface area contributed by atoms with Crippen LogP contribution in [-0.2, 0) is 11.3 Å². The molecule has 2 unspecified atom stereocenters. The molecule has 1 aromatic heterocycles. The highest BCUT2D eigenvalue weighted by Crippen LogP contribution is 2.20. The molecule has 1 saturated heterocycles. The number of hydrogen-bond donors (Lipinski definition) is 1. The van der Waals surface area contributed by atoms with E-state index in [1.165, 1.54) is 0 Å². The number of morpholine rings is 1. The number of fused-ring (bicyclic) bond motifs is 1. The molecule has 2 heterocycles. The maximum atomic E-state index is 5.75. The molecule has 0 radical (unpaired) electrons. The zero-order chi connectivity index (χ0) is 13.4. The Hall–Kier alpha value is -1.59. The molecular formula is C14H19N3O2. The van der Waals surface area contributed by atoms with E-state index in [4.69, 9.17) is 14.9 Å². The minimum Gasteiger partial charge on any atom is -0.439 e. The van der Waals surface area contributed by atoms with Crippen LogP contribution >= 0.6 is 0 Å². The van der Waals surface area contributed by atoms with Crippen LogP contribution in [0.5, 0.6) is 0 Å². The quantitative estimate of drug-likeness (QED) is 0.838. The molecule has 1 aliphatic rings. The van der Waals surface area contributed by atoms with Gasteiger partial charge in [-0.2, -0.15) is 0 Å². The predicted octanol–water partition coefficient (Wildman–Crippen LogP) is 2.02. The number of nitrogens with zero attached hydrogens (tertiary/aromatic N) is 2. The summed E-state index contributed by atoms with van der Waals surface area (Å²) in [5.74, 6) is 0.738. The molecule has 1 aliphatic heterocycles. The second-order valence-electron chi connectivity index (χ2n) is 5.29. The summed E-state index contributed by atoms with van der Waals surface area (Å²) < 4.78 is 11.5. The van der Waals surface area contributed by atoms with Crippen molar-refractivity contribution in [2.24, 2.45) is 0 Å². The molecule has 1 fully saturated rings. The van der Waals surface area contributed by atoms with Gasteiger partial charge in [0.1, 0.15) is 5.52 Å². The minimum atomic E-state index is 0.253. The molecule has 3 rings (SSSR count). The van der Waals surface area contributed by atoms with Crippen LogP contribution in [0.25, 0.3) is 11.1 Å². The lowest BCUT2D eigenvalue weighted by molar-refractivity contribution is -0.0721. The highest BCUT2D eigenvalue weighted by molar-refractivity contribution is 5.76. The molecule has 0 spiro atoms. The predicted molar refractivity (Wildman–Crippen MR) is 73.7 cm³/mol. The summed E-state index contributed by atoms with van der Waals surface area (Å²) in [6.07, 6.45) is 0.507. The highest BCUT2D eigenvalue weighted by atomic mass is 16.5. The molecule has 0 aliphatic carbocycles. The zero-order valence-corrected chi connectivity index (χ0v) is 11.3. The van der Waals surface area contributed by atoms with Gasteiger partial charge in [-0.05, 0) is 26.0 Å². The van der Waals surface area contributed by atoms with Crippen molar-refractivity contribution in [3.05, 3.63) is 24.1 Å². The summed E-state index contributed by atoms with van der Waals surface area (Å²) in [4.78, 5) is 6.81. The van der Waals surface area contributed by atoms with E-state index in [0.29, 0.717) is 12.2 Å². The third-order valence-electron chi connectivity index (χ3n) is 3.31. The second kappa shape index (κ2) is 4.83. The monoisotopic (exact) mass is 261 g/mol. The third kappa shape index (κ3) is 2.72. The summed E-state index contributed by atoms with van der Waals surface area (Å²) in [6, 6.07) is 5.55. The van der Waals surface area contributed by atoms with E-state index in [9.17, 15) is 0 Å². The first-order valence-electron chi connectivity index (χ1n) is 6.63. The van der Waals surface area contributed by atoms with Gasteiger partial charge in [-0.1, -0.05) is 0 Å². The first-order valence-corrected chi connectivity index (χ1v) is 6.63. The lowest BCUT2D eigenvalue weighted by Crippen LogP contribution is -2.44. The number of oxazole rings is 1. The fourth-order valence-corrected chi connectivity index (χ4v) is 2.66. The van der Waals surface area contributed by atoms with Crippen LogP contribution in [0.2, 0.25) is 0 Å². The summed E-state index contributed by atoms with van der Waals surface area (Å²) in [6.45, 7) is 6.72. The van der Waals surface area contributed by atoms with Crippen molar-refractivity contribution < 1.29 is 9.15 Å². The molecule has 2 aromatic rings. The van der Waals surface area contributed by atoms with Crippen LogP contribution in [0.15, 0.2) is 22.6 Å². The van der Waals surface area contributed by atoms with Crippen molar-refractivity contribution in [2.45, 2.75) is 32.6 Å². The number of ether oxygens (including phenoxy) is 1. The van der Waals surface area contributed by atoms with Crippen molar-refractivity contribution in [2.75, 3.05) is 18.8 Å². The van der Waals surface area contributed by atoms with Gasteiger partial charge in [0.2, 0.25) is 5.89 Å². The van der Waals surface area contributed by atoms with E-state index in [-0.39, 0.29) is 12.2 Å². The van der Waals surface area contributed by atoms with Crippen LogP contribution in [0.1, 0.15) is 19.7 Å². The number of aromatic nitrogens is 1. The molecule has 0 saturated carbocycles. The Morgan fingerprint density at radius 3 is 2.79 bits per heavy atom. The van der Waals surface area contributed by atoms with E-state index < -0.39 is 0 Å². The van der Waals surface area contributed by atoms with Crippen molar-refractivity contribution in [1.29, 1.82) is 0 Å². The van der Waals surface area contributed by atoms with Crippen molar-refractivity contribution in [1.82, 2.24) is 9.88 Å². The zero-order valence-electron chi connectivity index (χ0n) is 11.3. The lowest BCUT2D eigenvalue weighted by atomic mass is 10.2. The van der Waals surface area contributed by atoms with Crippen LogP contribution in [-0.4, -0.2) is 35.2 Å². The average molecular weight is 261 g/mol. The molecule has 0 bridgehead atoms. The van der Waals surface area contributed by atoms with Crippen LogP contribution in [0.3, 0.4) is 0 Å².